The standard InChI is InChI=1S/C16H18N2O2/c1-12-4-2-5-13(8-12)10-18-14-6-3-7-15(9-14)20-11-16(17)19/h2-9,18H,10-11H2,1H3,(H2,17,19). The van der Waals surface area contributed by atoms with Gasteiger partial charge in [-0.05, 0) is 24.6 Å². The maximum atomic E-state index is 10.7. The predicted molar refractivity (Wildman–Crippen MR) is 79.6 cm³/mol. The SMILES string of the molecule is Cc1cccc(CNc2cccc(OCC(N)=O)c2)c1. The molecule has 0 saturated heterocycles. The van der Waals surface area contributed by atoms with Crippen LogP contribution in [-0.4, -0.2) is 12.5 Å². The fraction of sp³-hybridized carbons (Fsp3) is 0.188. The third kappa shape index (κ3) is 4.31. The second kappa shape index (κ2) is 6.61. The van der Waals surface area contributed by atoms with E-state index in [9.17, 15) is 4.79 Å². The molecule has 0 aliphatic carbocycles. The maximum absolute atomic E-state index is 10.7. The van der Waals surface area contributed by atoms with Gasteiger partial charge < -0.3 is 15.8 Å². The molecule has 0 bridgehead atoms. The van der Waals surface area contributed by atoms with Crippen molar-refractivity contribution in [2.24, 2.45) is 5.73 Å². The van der Waals surface area contributed by atoms with Gasteiger partial charge in [0.05, 0.1) is 0 Å². The number of primary amides is 1. The van der Waals surface area contributed by atoms with Gasteiger partial charge in [-0.25, -0.2) is 0 Å². The van der Waals surface area contributed by atoms with Crippen molar-refractivity contribution in [3.8, 4) is 5.75 Å². The van der Waals surface area contributed by atoms with Gasteiger partial charge in [0.25, 0.3) is 5.91 Å². The molecule has 3 N–H and O–H groups in total. The summed E-state index contributed by atoms with van der Waals surface area (Å²) in [6.45, 7) is 2.70. The molecular formula is C16H18N2O2. The number of nitrogens with one attached hydrogen (secondary N) is 1. The summed E-state index contributed by atoms with van der Waals surface area (Å²) < 4.78 is 5.26. The lowest BCUT2D eigenvalue weighted by atomic mass is 10.1. The Labute approximate surface area is 118 Å². The summed E-state index contributed by atoms with van der Waals surface area (Å²) in [4.78, 5) is 10.7. The van der Waals surface area contributed by atoms with Gasteiger partial charge in [0, 0.05) is 18.3 Å². The molecule has 4 heteroatoms. The number of hydrogen-bond acceptors (Lipinski definition) is 3. The van der Waals surface area contributed by atoms with Crippen LogP contribution in [0.1, 0.15) is 11.1 Å². The summed E-state index contributed by atoms with van der Waals surface area (Å²) in [7, 11) is 0. The van der Waals surface area contributed by atoms with Crippen LogP contribution in [0, 0.1) is 6.92 Å². The highest BCUT2D eigenvalue weighted by molar-refractivity contribution is 5.75. The Kier molecular flexibility index (Phi) is 4.60. The molecule has 2 aromatic rings. The highest BCUT2D eigenvalue weighted by Gasteiger charge is 2.00. The van der Waals surface area contributed by atoms with E-state index in [0.29, 0.717) is 5.75 Å². The van der Waals surface area contributed by atoms with Crippen LogP contribution in [0.15, 0.2) is 48.5 Å². The number of ether oxygens (including phenoxy) is 1. The zero-order valence-electron chi connectivity index (χ0n) is 11.4. The molecule has 2 rings (SSSR count). The summed E-state index contributed by atoms with van der Waals surface area (Å²) in [5.41, 5.74) is 8.44. The molecule has 0 spiro atoms. The first-order chi connectivity index (χ1) is 9.63. The second-order valence-electron chi connectivity index (χ2n) is 4.63. The molecular weight excluding hydrogens is 252 g/mol. The molecule has 0 radical (unpaired) electrons. The molecule has 0 fully saturated rings. The average Bonchev–Trinajstić information content (AvgIpc) is 2.43. The number of hydrogen-bond donors (Lipinski definition) is 2. The Bertz CT molecular complexity index is 597. The molecule has 20 heavy (non-hydrogen) atoms. The molecule has 0 aliphatic heterocycles. The molecule has 104 valence electrons. The highest BCUT2D eigenvalue weighted by Crippen LogP contribution is 2.18. The van der Waals surface area contributed by atoms with E-state index in [1.807, 2.05) is 24.3 Å². The number of rotatable bonds is 6. The van der Waals surface area contributed by atoms with Crippen molar-refractivity contribution in [3.05, 3.63) is 59.7 Å². The molecule has 0 unspecified atom stereocenters. The number of aryl methyl sites for hydroxylation is 1. The number of anilines is 1. The average molecular weight is 270 g/mol. The summed E-state index contributed by atoms with van der Waals surface area (Å²) >= 11 is 0. The molecule has 0 saturated carbocycles. The first-order valence-corrected chi connectivity index (χ1v) is 6.44. The Hall–Kier alpha value is -2.49. The van der Waals surface area contributed by atoms with Crippen LogP contribution in [0.2, 0.25) is 0 Å². The van der Waals surface area contributed by atoms with E-state index in [0.717, 1.165) is 12.2 Å². The molecule has 2 aromatic carbocycles. The van der Waals surface area contributed by atoms with Crippen LogP contribution in [0.5, 0.6) is 5.75 Å². The molecule has 0 aliphatic rings. The van der Waals surface area contributed by atoms with Crippen LogP contribution >= 0.6 is 0 Å². The van der Waals surface area contributed by atoms with Gasteiger partial charge in [-0.3, -0.25) is 4.79 Å². The second-order valence-corrected chi connectivity index (χ2v) is 4.63. The fourth-order valence-corrected chi connectivity index (χ4v) is 1.88. The van der Waals surface area contributed by atoms with E-state index in [-0.39, 0.29) is 6.61 Å². The number of nitrogens with two attached hydrogens (primary N) is 1. The summed E-state index contributed by atoms with van der Waals surface area (Å²) in [6.07, 6.45) is 0. The van der Waals surface area contributed by atoms with E-state index in [1.54, 1.807) is 6.07 Å². The van der Waals surface area contributed by atoms with E-state index in [2.05, 4.69) is 30.4 Å². The lowest BCUT2D eigenvalue weighted by Gasteiger charge is -2.09. The summed E-state index contributed by atoms with van der Waals surface area (Å²) in [5, 5.41) is 3.32. The maximum Gasteiger partial charge on any atom is 0.255 e. The van der Waals surface area contributed by atoms with Crippen LogP contribution in [0.4, 0.5) is 5.69 Å². The lowest BCUT2D eigenvalue weighted by molar-refractivity contribution is -0.119. The molecule has 4 nitrogen and oxygen atoms in total. The van der Waals surface area contributed by atoms with Crippen molar-refractivity contribution in [2.45, 2.75) is 13.5 Å². The van der Waals surface area contributed by atoms with Crippen LogP contribution in [0.25, 0.3) is 0 Å². The monoisotopic (exact) mass is 270 g/mol. The summed E-state index contributed by atoms with van der Waals surface area (Å²) in [6, 6.07) is 15.8. The topological polar surface area (TPSA) is 64.3 Å². The van der Waals surface area contributed by atoms with E-state index >= 15 is 0 Å². The Morgan fingerprint density at radius 2 is 2.00 bits per heavy atom. The quantitative estimate of drug-likeness (QED) is 0.847. The van der Waals surface area contributed by atoms with Gasteiger partial charge in [0.2, 0.25) is 0 Å². The minimum atomic E-state index is -0.483. The van der Waals surface area contributed by atoms with Gasteiger partial charge in [0.15, 0.2) is 6.61 Å². The Balaban J connectivity index is 1.95. The summed E-state index contributed by atoms with van der Waals surface area (Å²) in [5.74, 6) is 0.140. The lowest BCUT2D eigenvalue weighted by Crippen LogP contribution is -2.20. The molecule has 0 aromatic heterocycles. The normalized spacial score (nSPS) is 10.1. The van der Waals surface area contributed by atoms with Gasteiger partial charge >= 0.3 is 0 Å². The van der Waals surface area contributed by atoms with Crippen molar-refractivity contribution in [3.63, 3.8) is 0 Å². The first-order valence-electron chi connectivity index (χ1n) is 6.44. The minimum Gasteiger partial charge on any atom is -0.484 e. The van der Waals surface area contributed by atoms with Crippen molar-refractivity contribution in [1.82, 2.24) is 0 Å². The zero-order valence-corrected chi connectivity index (χ0v) is 11.4. The van der Waals surface area contributed by atoms with Gasteiger partial charge in [-0.2, -0.15) is 0 Å². The third-order valence-electron chi connectivity index (χ3n) is 2.79. The third-order valence-corrected chi connectivity index (χ3v) is 2.79. The Morgan fingerprint density at radius 1 is 1.20 bits per heavy atom. The smallest absolute Gasteiger partial charge is 0.255 e. The largest absolute Gasteiger partial charge is 0.484 e. The molecule has 0 atom stereocenters. The van der Waals surface area contributed by atoms with Crippen molar-refractivity contribution in [1.29, 1.82) is 0 Å². The number of carbonyl (C=O) groups excluding carboxylic acids is 1. The minimum absolute atomic E-state index is 0.110. The highest BCUT2D eigenvalue weighted by atomic mass is 16.5. The number of benzene rings is 2. The van der Waals surface area contributed by atoms with E-state index in [4.69, 9.17) is 10.5 Å². The van der Waals surface area contributed by atoms with Crippen molar-refractivity contribution in [2.75, 3.05) is 11.9 Å². The first kappa shape index (κ1) is 13.9. The van der Waals surface area contributed by atoms with Gasteiger partial charge in [0.1, 0.15) is 5.75 Å². The molecule has 0 heterocycles. The molecule has 1 amide bonds. The van der Waals surface area contributed by atoms with Crippen LogP contribution in [-0.2, 0) is 11.3 Å². The fourth-order valence-electron chi connectivity index (χ4n) is 1.88. The van der Waals surface area contributed by atoms with E-state index < -0.39 is 5.91 Å². The van der Waals surface area contributed by atoms with Crippen LogP contribution < -0.4 is 15.8 Å². The van der Waals surface area contributed by atoms with Gasteiger partial charge in [-0.15, -0.1) is 0 Å². The number of amides is 1. The van der Waals surface area contributed by atoms with Crippen molar-refractivity contribution >= 4 is 11.6 Å². The van der Waals surface area contributed by atoms with E-state index in [1.165, 1.54) is 11.1 Å². The van der Waals surface area contributed by atoms with Crippen LogP contribution in [0.3, 0.4) is 0 Å². The van der Waals surface area contributed by atoms with Crippen molar-refractivity contribution < 1.29 is 9.53 Å². The predicted octanol–water partition coefficient (Wildman–Crippen LogP) is 2.47. The van der Waals surface area contributed by atoms with Gasteiger partial charge in [-0.1, -0.05) is 35.9 Å². The zero-order chi connectivity index (χ0) is 14.4. The Morgan fingerprint density at radius 3 is 2.75 bits per heavy atom. The number of carbonyl (C=O) groups is 1.